The molecule has 1 amide bonds. The minimum Gasteiger partial charge on any atom is -0.338 e. The number of likely N-dealkylation sites (N-methyl/N-ethyl adjacent to an activating group) is 1. The van der Waals surface area contributed by atoms with E-state index in [9.17, 15) is 4.79 Å². The van der Waals surface area contributed by atoms with Gasteiger partial charge in [0, 0.05) is 13.1 Å². The van der Waals surface area contributed by atoms with Gasteiger partial charge in [-0.2, -0.15) is 5.26 Å². The second kappa shape index (κ2) is 5.48. The van der Waals surface area contributed by atoms with Crippen molar-refractivity contribution < 1.29 is 4.79 Å². The van der Waals surface area contributed by atoms with Crippen LogP contribution in [0.3, 0.4) is 0 Å². The largest absolute Gasteiger partial charge is 0.338 e. The number of nitrogens with zero attached hydrogens (tertiary/aromatic N) is 2. The molecule has 0 saturated carbocycles. The molecule has 0 aromatic rings. The number of hydrogen-bond acceptors (Lipinski definition) is 2. The van der Waals surface area contributed by atoms with Crippen molar-refractivity contribution in [2.45, 2.75) is 13.3 Å². The normalized spacial score (nSPS) is 8.36. The molecule has 3 nitrogen and oxygen atoms in total. The highest BCUT2D eigenvalue weighted by Crippen LogP contribution is 1.91. The van der Waals surface area contributed by atoms with Crippen LogP contribution in [-0.2, 0) is 4.79 Å². The monoisotopic (exact) mass is 152 g/mol. The summed E-state index contributed by atoms with van der Waals surface area (Å²) in [6.45, 7) is 6.37. The Balaban J connectivity index is 3.86. The molecule has 3 heteroatoms. The van der Waals surface area contributed by atoms with Crippen LogP contribution in [-0.4, -0.2) is 23.9 Å². The summed E-state index contributed by atoms with van der Waals surface area (Å²) in [5.74, 6) is -0.109. The summed E-state index contributed by atoms with van der Waals surface area (Å²) in [5.41, 5.74) is 0. The van der Waals surface area contributed by atoms with E-state index >= 15 is 0 Å². The van der Waals surface area contributed by atoms with Gasteiger partial charge in [0.1, 0.15) is 0 Å². The highest BCUT2D eigenvalue weighted by atomic mass is 16.2. The number of nitriles is 1. The van der Waals surface area contributed by atoms with E-state index in [1.807, 2.05) is 13.0 Å². The second-order valence-corrected chi connectivity index (χ2v) is 2.03. The molecule has 0 fully saturated rings. The molecule has 0 atom stereocenters. The summed E-state index contributed by atoms with van der Waals surface area (Å²) in [6, 6.07) is 1.98. The Morgan fingerprint density at radius 2 is 2.45 bits per heavy atom. The van der Waals surface area contributed by atoms with Crippen molar-refractivity contribution in [3.63, 3.8) is 0 Å². The van der Waals surface area contributed by atoms with Gasteiger partial charge in [0.15, 0.2) is 0 Å². The van der Waals surface area contributed by atoms with Crippen LogP contribution >= 0.6 is 0 Å². The summed E-state index contributed by atoms with van der Waals surface area (Å²) in [6.07, 6.45) is 1.65. The van der Waals surface area contributed by atoms with Crippen LogP contribution in [0.2, 0.25) is 0 Å². The summed E-state index contributed by atoms with van der Waals surface area (Å²) in [4.78, 5) is 12.5. The molecular formula is C8H12N2O. The van der Waals surface area contributed by atoms with Crippen molar-refractivity contribution >= 4 is 5.91 Å². The fraction of sp³-hybridized carbons (Fsp3) is 0.500. The fourth-order valence-corrected chi connectivity index (χ4v) is 0.738. The van der Waals surface area contributed by atoms with Crippen LogP contribution in [0.15, 0.2) is 12.7 Å². The molecule has 0 spiro atoms. The molecule has 0 saturated heterocycles. The third-order valence-electron chi connectivity index (χ3n) is 1.36. The maximum Gasteiger partial charge on any atom is 0.245 e. The maximum absolute atomic E-state index is 10.9. The molecule has 0 aliphatic carbocycles. The predicted molar refractivity (Wildman–Crippen MR) is 42.7 cm³/mol. The molecule has 0 aliphatic rings. The van der Waals surface area contributed by atoms with Gasteiger partial charge in [-0.1, -0.05) is 6.58 Å². The van der Waals surface area contributed by atoms with Crippen LogP contribution in [0.25, 0.3) is 0 Å². The summed E-state index contributed by atoms with van der Waals surface area (Å²) >= 11 is 0. The highest BCUT2D eigenvalue weighted by molar-refractivity contribution is 5.86. The second-order valence-electron chi connectivity index (χ2n) is 2.03. The van der Waals surface area contributed by atoms with E-state index in [2.05, 4.69) is 6.58 Å². The third kappa shape index (κ3) is 3.41. The number of amides is 1. The number of rotatable bonds is 4. The standard InChI is InChI=1S/C8H12N2O/c1-3-8(11)10(4-2)7-5-6-9/h3H,1,4-5,7H2,2H3. The molecule has 0 aromatic carbocycles. The van der Waals surface area contributed by atoms with Crippen LogP contribution in [0.5, 0.6) is 0 Å². The van der Waals surface area contributed by atoms with Gasteiger partial charge in [0.05, 0.1) is 12.5 Å². The average molecular weight is 152 g/mol. The maximum atomic E-state index is 10.9. The summed E-state index contributed by atoms with van der Waals surface area (Å²) in [7, 11) is 0. The van der Waals surface area contributed by atoms with Crippen LogP contribution < -0.4 is 0 Å². The smallest absolute Gasteiger partial charge is 0.245 e. The van der Waals surface area contributed by atoms with Crippen molar-refractivity contribution in [1.82, 2.24) is 4.90 Å². The molecule has 0 bridgehead atoms. The first-order valence-electron chi connectivity index (χ1n) is 3.54. The summed E-state index contributed by atoms with van der Waals surface area (Å²) in [5, 5.41) is 8.25. The zero-order valence-electron chi connectivity index (χ0n) is 6.71. The fourth-order valence-electron chi connectivity index (χ4n) is 0.738. The lowest BCUT2D eigenvalue weighted by atomic mass is 10.4. The topological polar surface area (TPSA) is 44.1 Å². The van der Waals surface area contributed by atoms with E-state index in [0.717, 1.165) is 0 Å². The van der Waals surface area contributed by atoms with E-state index in [1.165, 1.54) is 6.08 Å². The van der Waals surface area contributed by atoms with Crippen LogP contribution in [0.1, 0.15) is 13.3 Å². The van der Waals surface area contributed by atoms with Gasteiger partial charge in [-0.25, -0.2) is 0 Å². The number of carbonyl (C=O) groups excluding carboxylic acids is 1. The molecule has 0 radical (unpaired) electrons. The number of hydrogen-bond donors (Lipinski definition) is 0. The molecule has 0 N–H and O–H groups in total. The molecule has 0 unspecified atom stereocenters. The molecule has 11 heavy (non-hydrogen) atoms. The Labute approximate surface area is 66.9 Å². The van der Waals surface area contributed by atoms with Gasteiger partial charge in [0.25, 0.3) is 0 Å². The minimum atomic E-state index is -0.109. The Morgan fingerprint density at radius 3 is 2.82 bits per heavy atom. The van der Waals surface area contributed by atoms with Crippen molar-refractivity contribution in [1.29, 1.82) is 5.26 Å². The zero-order chi connectivity index (χ0) is 8.69. The van der Waals surface area contributed by atoms with E-state index < -0.39 is 0 Å². The predicted octanol–water partition coefficient (Wildman–Crippen LogP) is 0.935. The first kappa shape index (κ1) is 9.70. The average Bonchev–Trinajstić information content (AvgIpc) is 2.05. The Kier molecular flexibility index (Phi) is 4.83. The number of carbonyl (C=O) groups is 1. The lowest BCUT2D eigenvalue weighted by Crippen LogP contribution is -2.29. The minimum absolute atomic E-state index is 0.109. The molecule has 0 aliphatic heterocycles. The molecule has 0 aromatic heterocycles. The Morgan fingerprint density at radius 1 is 1.82 bits per heavy atom. The molecule has 60 valence electrons. The van der Waals surface area contributed by atoms with Crippen molar-refractivity contribution in [2.24, 2.45) is 0 Å². The highest BCUT2D eigenvalue weighted by Gasteiger charge is 2.05. The van der Waals surface area contributed by atoms with Gasteiger partial charge < -0.3 is 4.90 Å². The molecule has 0 rings (SSSR count). The summed E-state index contributed by atoms with van der Waals surface area (Å²) < 4.78 is 0. The van der Waals surface area contributed by atoms with E-state index in [-0.39, 0.29) is 5.91 Å². The van der Waals surface area contributed by atoms with Crippen molar-refractivity contribution in [2.75, 3.05) is 13.1 Å². The lowest BCUT2D eigenvalue weighted by Gasteiger charge is -2.16. The van der Waals surface area contributed by atoms with Crippen molar-refractivity contribution in [3.05, 3.63) is 12.7 Å². The van der Waals surface area contributed by atoms with Gasteiger partial charge in [-0.15, -0.1) is 0 Å². The Hall–Kier alpha value is -1.30. The third-order valence-corrected chi connectivity index (χ3v) is 1.36. The Bertz CT molecular complexity index is 181. The van der Waals surface area contributed by atoms with Crippen LogP contribution in [0, 0.1) is 11.3 Å². The van der Waals surface area contributed by atoms with Gasteiger partial charge in [-0.3, -0.25) is 4.79 Å². The zero-order valence-corrected chi connectivity index (χ0v) is 6.71. The van der Waals surface area contributed by atoms with Crippen molar-refractivity contribution in [3.8, 4) is 6.07 Å². The van der Waals surface area contributed by atoms with Gasteiger partial charge in [0.2, 0.25) is 5.91 Å². The van der Waals surface area contributed by atoms with Crippen LogP contribution in [0.4, 0.5) is 0 Å². The van der Waals surface area contributed by atoms with E-state index in [4.69, 9.17) is 5.26 Å². The first-order chi connectivity index (χ1) is 5.26. The van der Waals surface area contributed by atoms with E-state index in [0.29, 0.717) is 19.5 Å². The molecule has 0 heterocycles. The quantitative estimate of drug-likeness (QED) is 0.562. The first-order valence-corrected chi connectivity index (χ1v) is 3.54. The van der Waals surface area contributed by atoms with E-state index in [1.54, 1.807) is 4.90 Å². The molecular weight excluding hydrogens is 140 g/mol. The SMILES string of the molecule is C=CC(=O)N(CC)CCC#N. The lowest BCUT2D eigenvalue weighted by molar-refractivity contribution is -0.125. The van der Waals surface area contributed by atoms with Gasteiger partial charge >= 0.3 is 0 Å². The van der Waals surface area contributed by atoms with Gasteiger partial charge in [-0.05, 0) is 13.0 Å².